The molecule has 0 bridgehead atoms. The molecule has 104 valence electrons. The van der Waals surface area contributed by atoms with E-state index >= 15 is 0 Å². The maximum Gasteiger partial charge on any atom is 0.0494 e. The Morgan fingerprint density at radius 3 is 2.14 bits per heavy atom. The minimum atomic E-state index is 0.734. The summed E-state index contributed by atoms with van der Waals surface area (Å²) in [5.41, 5.74) is 4.24. The first-order chi connectivity index (χ1) is 10.2. The Hall–Kier alpha value is -2.32. The van der Waals surface area contributed by atoms with Crippen molar-refractivity contribution in [1.29, 1.82) is 0 Å². The van der Waals surface area contributed by atoms with E-state index in [0.717, 1.165) is 27.8 Å². The zero-order valence-corrected chi connectivity index (χ0v) is 12.5. The van der Waals surface area contributed by atoms with Crippen molar-refractivity contribution in [3.8, 4) is 0 Å². The standard InChI is InChI=1S/C18H15ClN2/c1-14-13-18(11-12-20-14)21(16-5-3-2-4-6-16)17-9-7-15(19)8-10-17/h2-13H,1H3. The van der Waals surface area contributed by atoms with Crippen molar-refractivity contribution in [2.75, 3.05) is 4.90 Å². The predicted octanol–water partition coefficient (Wildman–Crippen LogP) is 5.51. The van der Waals surface area contributed by atoms with Crippen LogP contribution < -0.4 is 4.90 Å². The Balaban J connectivity index is 2.13. The molecule has 2 aromatic carbocycles. The van der Waals surface area contributed by atoms with Crippen LogP contribution in [0.4, 0.5) is 17.1 Å². The fourth-order valence-corrected chi connectivity index (χ4v) is 2.41. The summed E-state index contributed by atoms with van der Waals surface area (Å²) in [6.45, 7) is 1.99. The summed E-state index contributed by atoms with van der Waals surface area (Å²) < 4.78 is 0. The van der Waals surface area contributed by atoms with E-state index in [9.17, 15) is 0 Å². The third kappa shape index (κ3) is 3.06. The first-order valence-corrected chi connectivity index (χ1v) is 7.15. The molecule has 0 amide bonds. The number of pyridine rings is 1. The van der Waals surface area contributed by atoms with Crippen LogP contribution in [-0.4, -0.2) is 4.98 Å². The normalized spacial score (nSPS) is 10.4. The second-order valence-electron chi connectivity index (χ2n) is 4.80. The number of para-hydroxylation sites is 1. The first kappa shape index (κ1) is 13.7. The molecular formula is C18H15ClN2. The molecule has 0 radical (unpaired) electrons. The van der Waals surface area contributed by atoms with Gasteiger partial charge in [-0.15, -0.1) is 0 Å². The molecule has 0 aliphatic rings. The van der Waals surface area contributed by atoms with Crippen LogP contribution in [0.5, 0.6) is 0 Å². The topological polar surface area (TPSA) is 16.1 Å². The van der Waals surface area contributed by atoms with Crippen LogP contribution in [-0.2, 0) is 0 Å². The van der Waals surface area contributed by atoms with E-state index in [1.165, 1.54) is 0 Å². The Morgan fingerprint density at radius 1 is 0.810 bits per heavy atom. The first-order valence-electron chi connectivity index (χ1n) is 6.77. The van der Waals surface area contributed by atoms with E-state index in [4.69, 9.17) is 11.6 Å². The van der Waals surface area contributed by atoms with Gasteiger partial charge in [0.1, 0.15) is 0 Å². The number of halogens is 1. The minimum absolute atomic E-state index is 0.734. The highest BCUT2D eigenvalue weighted by Crippen LogP contribution is 2.34. The predicted molar refractivity (Wildman–Crippen MR) is 88.7 cm³/mol. The van der Waals surface area contributed by atoms with Crippen LogP contribution in [0.3, 0.4) is 0 Å². The van der Waals surface area contributed by atoms with Crippen molar-refractivity contribution in [2.24, 2.45) is 0 Å². The van der Waals surface area contributed by atoms with Gasteiger partial charge in [0.05, 0.1) is 0 Å². The van der Waals surface area contributed by atoms with Crippen LogP contribution in [0.15, 0.2) is 72.9 Å². The molecule has 0 N–H and O–H groups in total. The molecule has 0 atom stereocenters. The Kier molecular flexibility index (Phi) is 3.89. The SMILES string of the molecule is Cc1cc(N(c2ccccc2)c2ccc(Cl)cc2)ccn1. The monoisotopic (exact) mass is 294 g/mol. The number of benzene rings is 2. The molecule has 2 nitrogen and oxygen atoms in total. The Morgan fingerprint density at radius 2 is 1.48 bits per heavy atom. The van der Waals surface area contributed by atoms with Crippen molar-refractivity contribution in [2.45, 2.75) is 6.92 Å². The third-order valence-corrected chi connectivity index (χ3v) is 3.49. The summed E-state index contributed by atoms with van der Waals surface area (Å²) in [4.78, 5) is 6.46. The highest BCUT2D eigenvalue weighted by atomic mass is 35.5. The largest absolute Gasteiger partial charge is 0.310 e. The molecule has 0 saturated heterocycles. The van der Waals surface area contributed by atoms with Gasteiger partial charge in [-0.3, -0.25) is 4.98 Å². The highest BCUT2D eigenvalue weighted by molar-refractivity contribution is 6.30. The summed E-state index contributed by atoms with van der Waals surface area (Å²) in [6, 6.07) is 22.2. The van der Waals surface area contributed by atoms with Crippen LogP contribution in [0.1, 0.15) is 5.69 Å². The number of hydrogen-bond donors (Lipinski definition) is 0. The quantitative estimate of drug-likeness (QED) is 0.633. The third-order valence-electron chi connectivity index (χ3n) is 3.24. The van der Waals surface area contributed by atoms with Crippen LogP contribution in [0.25, 0.3) is 0 Å². The van der Waals surface area contributed by atoms with Crippen LogP contribution >= 0.6 is 11.6 Å². The van der Waals surface area contributed by atoms with Gasteiger partial charge in [0.15, 0.2) is 0 Å². The van der Waals surface area contributed by atoms with Gasteiger partial charge in [-0.05, 0) is 55.5 Å². The summed E-state index contributed by atoms with van der Waals surface area (Å²) in [7, 11) is 0. The molecule has 3 aromatic rings. The van der Waals surface area contributed by atoms with Crippen molar-refractivity contribution >= 4 is 28.7 Å². The van der Waals surface area contributed by atoms with Gasteiger partial charge in [0, 0.05) is 34.0 Å². The minimum Gasteiger partial charge on any atom is -0.310 e. The van der Waals surface area contributed by atoms with Crippen LogP contribution in [0.2, 0.25) is 5.02 Å². The summed E-state index contributed by atoms with van der Waals surface area (Å²) in [5.74, 6) is 0. The lowest BCUT2D eigenvalue weighted by Gasteiger charge is -2.25. The van der Waals surface area contributed by atoms with Gasteiger partial charge in [-0.1, -0.05) is 29.8 Å². The van der Waals surface area contributed by atoms with Gasteiger partial charge in [0.25, 0.3) is 0 Å². The maximum absolute atomic E-state index is 6.01. The molecule has 0 saturated carbocycles. The lowest BCUT2D eigenvalue weighted by Crippen LogP contribution is -2.10. The van der Waals surface area contributed by atoms with Crippen molar-refractivity contribution < 1.29 is 0 Å². The average molecular weight is 295 g/mol. The summed E-state index contributed by atoms with van der Waals surface area (Å²) in [5, 5.41) is 0.734. The van der Waals surface area contributed by atoms with Crippen LogP contribution in [0, 0.1) is 6.92 Å². The zero-order chi connectivity index (χ0) is 14.7. The molecule has 0 aliphatic heterocycles. The number of anilines is 3. The maximum atomic E-state index is 6.01. The van der Waals surface area contributed by atoms with Gasteiger partial charge in [0.2, 0.25) is 0 Å². The van der Waals surface area contributed by atoms with E-state index < -0.39 is 0 Å². The number of rotatable bonds is 3. The summed E-state index contributed by atoms with van der Waals surface area (Å²) >= 11 is 6.01. The second kappa shape index (κ2) is 5.98. The van der Waals surface area contributed by atoms with E-state index in [1.54, 1.807) is 0 Å². The van der Waals surface area contributed by atoms with Crippen molar-refractivity contribution in [3.05, 3.63) is 83.6 Å². The fraction of sp³-hybridized carbons (Fsp3) is 0.0556. The molecule has 0 unspecified atom stereocenters. The summed E-state index contributed by atoms with van der Waals surface area (Å²) in [6.07, 6.45) is 1.83. The van der Waals surface area contributed by atoms with Crippen molar-refractivity contribution in [1.82, 2.24) is 4.98 Å². The number of aryl methyl sites for hydroxylation is 1. The Labute approximate surface area is 129 Å². The van der Waals surface area contributed by atoms with Gasteiger partial charge >= 0.3 is 0 Å². The fourth-order valence-electron chi connectivity index (χ4n) is 2.28. The highest BCUT2D eigenvalue weighted by Gasteiger charge is 2.12. The van der Waals surface area contributed by atoms with Gasteiger partial charge in [-0.25, -0.2) is 0 Å². The van der Waals surface area contributed by atoms with Crippen molar-refractivity contribution in [3.63, 3.8) is 0 Å². The second-order valence-corrected chi connectivity index (χ2v) is 5.24. The number of aromatic nitrogens is 1. The molecule has 0 spiro atoms. The average Bonchev–Trinajstić information content (AvgIpc) is 2.51. The number of nitrogens with zero attached hydrogens (tertiary/aromatic N) is 2. The van der Waals surface area contributed by atoms with Gasteiger partial charge in [-0.2, -0.15) is 0 Å². The zero-order valence-electron chi connectivity index (χ0n) is 11.7. The Bertz CT molecular complexity index is 724. The molecule has 0 fully saturated rings. The molecule has 0 aliphatic carbocycles. The lowest BCUT2D eigenvalue weighted by molar-refractivity contribution is 1.17. The molecule has 1 heterocycles. The molecule has 21 heavy (non-hydrogen) atoms. The lowest BCUT2D eigenvalue weighted by atomic mass is 10.2. The van der Waals surface area contributed by atoms with E-state index in [-0.39, 0.29) is 0 Å². The molecule has 1 aromatic heterocycles. The molecule has 3 rings (SSSR count). The van der Waals surface area contributed by atoms with E-state index in [0.29, 0.717) is 0 Å². The van der Waals surface area contributed by atoms with E-state index in [1.807, 2.05) is 61.7 Å². The number of hydrogen-bond acceptors (Lipinski definition) is 2. The van der Waals surface area contributed by atoms with Gasteiger partial charge < -0.3 is 4.90 Å². The van der Waals surface area contributed by atoms with E-state index in [2.05, 4.69) is 28.1 Å². The smallest absolute Gasteiger partial charge is 0.0494 e. The molecule has 3 heteroatoms. The molecular weight excluding hydrogens is 280 g/mol.